The minimum absolute atomic E-state index is 0.127. The molecule has 1 N–H and O–H groups in total. The van der Waals surface area contributed by atoms with Crippen LogP contribution in [0.1, 0.15) is 16.7 Å². The number of carbonyl (C=O) groups is 1. The van der Waals surface area contributed by atoms with Gasteiger partial charge in [-0.3, -0.25) is 4.79 Å². The molecule has 146 valence electrons. The van der Waals surface area contributed by atoms with E-state index in [1.807, 2.05) is 42.5 Å². The first-order chi connectivity index (χ1) is 14.1. The minimum atomic E-state index is -1.81. The molecule has 29 heavy (non-hydrogen) atoms. The van der Waals surface area contributed by atoms with E-state index in [1.165, 1.54) is 0 Å². The Morgan fingerprint density at radius 1 is 1.03 bits per heavy atom. The quantitative estimate of drug-likeness (QED) is 0.742. The average molecular weight is 389 g/mol. The molecule has 3 aromatic rings. The molecule has 5 rings (SSSR count). The lowest BCUT2D eigenvalue weighted by molar-refractivity contribution is -0.132. The molecule has 2 aliphatic heterocycles. The zero-order chi connectivity index (χ0) is 20.0. The zero-order valence-electron chi connectivity index (χ0n) is 15.8. The molecule has 1 amide bonds. The van der Waals surface area contributed by atoms with E-state index in [2.05, 4.69) is 0 Å². The number of ether oxygens (including phenoxy) is 3. The molecule has 6 heteroatoms. The van der Waals surface area contributed by atoms with Crippen molar-refractivity contribution >= 4 is 11.6 Å². The van der Waals surface area contributed by atoms with E-state index in [1.54, 1.807) is 36.3 Å². The second-order valence-corrected chi connectivity index (χ2v) is 7.00. The Morgan fingerprint density at radius 2 is 1.79 bits per heavy atom. The number of methoxy groups -OCH3 is 1. The number of hydrogen-bond donors (Lipinski definition) is 1. The lowest BCUT2D eigenvalue weighted by atomic mass is 9.87. The second kappa shape index (κ2) is 6.53. The number of carbonyl (C=O) groups excluding carboxylic acids is 1. The molecular weight excluding hydrogens is 370 g/mol. The van der Waals surface area contributed by atoms with E-state index < -0.39 is 11.5 Å². The monoisotopic (exact) mass is 389 g/mol. The molecule has 2 aliphatic rings. The van der Waals surface area contributed by atoms with Crippen LogP contribution in [0.5, 0.6) is 17.2 Å². The summed E-state index contributed by atoms with van der Waals surface area (Å²) < 4.78 is 16.2. The summed E-state index contributed by atoms with van der Waals surface area (Å²) >= 11 is 0. The van der Waals surface area contributed by atoms with Gasteiger partial charge < -0.3 is 24.2 Å². The number of aliphatic hydroxyl groups is 1. The number of para-hydroxylation sites is 2. The Bertz CT molecular complexity index is 1110. The van der Waals surface area contributed by atoms with Crippen molar-refractivity contribution < 1.29 is 24.1 Å². The second-order valence-electron chi connectivity index (χ2n) is 7.00. The van der Waals surface area contributed by atoms with Crippen molar-refractivity contribution in [1.29, 1.82) is 0 Å². The van der Waals surface area contributed by atoms with E-state index in [4.69, 9.17) is 14.2 Å². The summed E-state index contributed by atoms with van der Waals surface area (Å²) in [5.41, 5.74) is 0.705. The highest BCUT2D eigenvalue weighted by atomic mass is 16.7. The van der Waals surface area contributed by atoms with E-state index in [9.17, 15) is 9.90 Å². The number of benzene rings is 3. The van der Waals surface area contributed by atoms with Crippen LogP contribution in [-0.4, -0.2) is 24.9 Å². The molecule has 0 spiro atoms. The molecule has 0 bridgehead atoms. The van der Waals surface area contributed by atoms with Gasteiger partial charge in [-0.05, 0) is 24.3 Å². The average Bonchev–Trinajstić information content (AvgIpc) is 3.32. The van der Waals surface area contributed by atoms with E-state index in [0.29, 0.717) is 34.1 Å². The predicted octanol–water partition coefficient (Wildman–Crippen LogP) is 3.21. The Hall–Kier alpha value is -3.51. The van der Waals surface area contributed by atoms with Crippen LogP contribution in [0.3, 0.4) is 0 Å². The summed E-state index contributed by atoms with van der Waals surface area (Å²) in [6.45, 7) is 0.411. The lowest BCUT2D eigenvalue weighted by Gasteiger charge is -2.24. The largest absolute Gasteiger partial charge is 0.496 e. The van der Waals surface area contributed by atoms with Crippen molar-refractivity contribution in [3.05, 3.63) is 83.4 Å². The predicted molar refractivity (Wildman–Crippen MR) is 106 cm³/mol. The van der Waals surface area contributed by atoms with Crippen molar-refractivity contribution in [2.75, 3.05) is 18.8 Å². The van der Waals surface area contributed by atoms with Crippen molar-refractivity contribution in [1.82, 2.24) is 0 Å². The van der Waals surface area contributed by atoms with Gasteiger partial charge in [0.15, 0.2) is 17.1 Å². The van der Waals surface area contributed by atoms with Crippen molar-refractivity contribution in [2.45, 2.75) is 12.1 Å². The SMILES string of the molecule is COc1ccccc1CN1C(=O)C(O)(c2ccc3c(c2)OCO3)c2ccccc21. The highest BCUT2D eigenvalue weighted by Crippen LogP contribution is 2.47. The molecule has 0 saturated carbocycles. The maximum atomic E-state index is 13.6. The fraction of sp³-hybridized carbons (Fsp3) is 0.174. The number of nitrogens with zero attached hydrogens (tertiary/aromatic N) is 1. The summed E-state index contributed by atoms with van der Waals surface area (Å²) in [5.74, 6) is 1.39. The number of anilines is 1. The van der Waals surface area contributed by atoms with Crippen LogP contribution in [0.25, 0.3) is 0 Å². The fourth-order valence-corrected chi connectivity index (χ4v) is 4.00. The molecule has 0 radical (unpaired) electrons. The van der Waals surface area contributed by atoms with Crippen molar-refractivity contribution in [2.24, 2.45) is 0 Å². The molecule has 0 aromatic heterocycles. The fourth-order valence-electron chi connectivity index (χ4n) is 4.00. The van der Waals surface area contributed by atoms with Gasteiger partial charge in [-0.15, -0.1) is 0 Å². The molecule has 6 nitrogen and oxygen atoms in total. The van der Waals surface area contributed by atoms with Crippen LogP contribution in [0.2, 0.25) is 0 Å². The minimum Gasteiger partial charge on any atom is -0.496 e. The zero-order valence-corrected chi connectivity index (χ0v) is 15.8. The first-order valence-corrected chi connectivity index (χ1v) is 9.29. The van der Waals surface area contributed by atoms with Gasteiger partial charge >= 0.3 is 0 Å². The highest BCUT2D eigenvalue weighted by molar-refractivity contribution is 6.09. The van der Waals surface area contributed by atoms with E-state index in [-0.39, 0.29) is 13.3 Å². The molecule has 0 saturated heterocycles. The Balaban J connectivity index is 1.61. The summed E-state index contributed by atoms with van der Waals surface area (Å²) in [7, 11) is 1.60. The van der Waals surface area contributed by atoms with Crippen LogP contribution in [0.15, 0.2) is 66.7 Å². The molecule has 0 fully saturated rings. The van der Waals surface area contributed by atoms with Gasteiger partial charge in [0.2, 0.25) is 6.79 Å². The third-order valence-electron chi connectivity index (χ3n) is 5.45. The topological polar surface area (TPSA) is 68.2 Å². The summed E-state index contributed by atoms with van der Waals surface area (Å²) in [6.07, 6.45) is 0. The van der Waals surface area contributed by atoms with Gasteiger partial charge in [0.1, 0.15) is 5.75 Å². The molecule has 2 heterocycles. The Labute approximate surface area is 167 Å². The van der Waals surface area contributed by atoms with Crippen molar-refractivity contribution in [3.63, 3.8) is 0 Å². The van der Waals surface area contributed by atoms with Crippen LogP contribution in [-0.2, 0) is 16.9 Å². The molecule has 3 aromatic carbocycles. The van der Waals surface area contributed by atoms with Crippen LogP contribution >= 0.6 is 0 Å². The van der Waals surface area contributed by atoms with Gasteiger partial charge in [-0.2, -0.15) is 0 Å². The number of hydrogen-bond acceptors (Lipinski definition) is 5. The first kappa shape index (κ1) is 17.6. The van der Waals surface area contributed by atoms with E-state index >= 15 is 0 Å². The first-order valence-electron chi connectivity index (χ1n) is 9.29. The number of rotatable bonds is 4. The van der Waals surface area contributed by atoms with Crippen LogP contribution in [0.4, 0.5) is 5.69 Å². The summed E-state index contributed by atoms with van der Waals surface area (Å²) in [4.78, 5) is 15.1. The van der Waals surface area contributed by atoms with Crippen molar-refractivity contribution in [3.8, 4) is 17.2 Å². The molecular formula is C23H19NO5. The maximum Gasteiger partial charge on any atom is 0.268 e. The van der Waals surface area contributed by atoms with Gasteiger partial charge in [-0.1, -0.05) is 42.5 Å². The smallest absolute Gasteiger partial charge is 0.268 e. The van der Waals surface area contributed by atoms with Gasteiger partial charge in [0.05, 0.1) is 19.3 Å². The Kier molecular flexibility index (Phi) is 3.96. The number of amides is 1. The van der Waals surface area contributed by atoms with E-state index in [0.717, 1.165) is 5.56 Å². The summed E-state index contributed by atoms with van der Waals surface area (Å²) in [6, 6.07) is 19.9. The summed E-state index contributed by atoms with van der Waals surface area (Å²) in [5, 5.41) is 11.7. The number of fused-ring (bicyclic) bond motifs is 2. The van der Waals surface area contributed by atoms with Crippen LogP contribution < -0.4 is 19.1 Å². The van der Waals surface area contributed by atoms with Gasteiger partial charge in [0.25, 0.3) is 5.91 Å². The maximum absolute atomic E-state index is 13.6. The highest BCUT2D eigenvalue weighted by Gasteiger charge is 2.51. The molecule has 1 atom stereocenters. The van der Waals surface area contributed by atoms with Gasteiger partial charge in [-0.25, -0.2) is 0 Å². The molecule has 0 aliphatic carbocycles. The van der Waals surface area contributed by atoms with Gasteiger partial charge in [0, 0.05) is 16.7 Å². The third kappa shape index (κ3) is 2.57. The normalized spacial score (nSPS) is 19.4. The standard InChI is InChI=1S/C23H19NO5/c1-27-19-9-5-2-6-15(19)13-24-18-8-4-3-7-17(18)23(26,22(24)25)16-10-11-20-21(12-16)29-14-28-20/h2-12,26H,13-14H2,1H3. The Morgan fingerprint density at radius 3 is 2.66 bits per heavy atom. The van der Waals surface area contributed by atoms with Crippen LogP contribution in [0, 0.1) is 0 Å². The lowest BCUT2D eigenvalue weighted by Crippen LogP contribution is -2.40. The molecule has 1 unspecified atom stereocenters. The third-order valence-corrected chi connectivity index (χ3v) is 5.45.